The van der Waals surface area contributed by atoms with Crippen molar-refractivity contribution in [2.24, 2.45) is 5.73 Å². The summed E-state index contributed by atoms with van der Waals surface area (Å²) in [5, 5.41) is 0. The molecule has 1 heteroatoms. The van der Waals surface area contributed by atoms with Crippen LogP contribution in [0.5, 0.6) is 0 Å². The van der Waals surface area contributed by atoms with Crippen LogP contribution in [0, 0.1) is 0 Å². The number of nitrogens with two attached hydrogens (primary N) is 1. The lowest BCUT2D eigenvalue weighted by Gasteiger charge is -1.90. The topological polar surface area (TPSA) is 26.0 Å². The molecule has 0 fully saturated rings. The predicted molar refractivity (Wildman–Crippen MR) is 42.0 cm³/mol. The van der Waals surface area contributed by atoms with E-state index in [1.54, 1.807) is 0 Å². The molecule has 0 aromatic carbocycles. The third-order valence-corrected chi connectivity index (χ3v) is 1.19. The van der Waals surface area contributed by atoms with Gasteiger partial charge in [0.15, 0.2) is 0 Å². The second kappa shape index (κ2) is 4.19. The van der Waals surface area contributed by atoms with Crippen molar-refractivity contribution in [2.75, 3.05) is 0 Å². The van der Waals surface area contributed by atoms with Crippen LogP contribution in [0.4, 0.5) is 0 Å². The van der Waals surface area contributed by atoms with Crippen molar-refractivity contribution < 1.29 is 0 Å². The van der Waals surface area contributed by atoms with Crippen molar-refractivity contribution in [3.05, 3.63) is 23.4 Å². The number of hydrogen-bond acceptors (Lipinski definition) is 1. The molecule has 0 atom stereocenters. The summed E-state index contributed by atoms with van der Waals surface area (Å²) in [6.07, 6.45) is 5.08. The summed E-state index contributed by atoms with van der Waals surface area (Å²) < 4.78 is 0. The molecule has 0 spiro atoms. The Morgan fingerprint density at radius 3 is 2.22 bits per heavy atom. The molecule has 0 aliphatic heterocycles. The third kappa shape index (κ3) is 5.15. The average Bonchev–Trinajstić information content (AvgIpc) is 1.83. The lowest BCUT2D eigenvalue weighted by molar-refractivity contribution is 1.10. The smallest absolute Gasteiger partial charge is 0.00488 e. The monoisotopic (exact) mass is 125 g/mol. The predicted octanol–water partition coefficient (Wildman–Crippen LogP) is 2.21. The summed E-state index contributed by atoms with van der Waals surface area (Å²) in [6, 6.07) is 0. The van der Waals surface area contributed by atoms with Gasteiger partial charge in [-0.1, -0.05) is 18.6 Å². The highest BCUT2D eigenvalue weighted by atomic mass is 14.5. The highest BCUT2D eigenvalue weighted by molar-refractivity contribution is 5.12. The lowest BCUT2D eigenvalue weighted by atomic mass is 10.2. The van der Waals surface area contributed by atoms with Crippen LogP contribution in [0.15, 0.2) is 23.4 Å². The van der Waals surface area contributed by atoms with Crippen LogP contribution < -0.4 is 5.73 Å². The molecule has 0 heterocycles. The highest BCUT2D eigenvalue weighted by Crippen LogP contribution is 1.97. The summed E-state index contributed by atoms with van der Waals surface area (Å²) in [6.45, 7) is 6.12. The molecule has 0 aromatic heterocycles. The fraction of sp³-hybridized carbons (Fsp3) is 0.500. The minimum absolute atomic E-state index is 0.864. The van der Waals surface area contributed by atoms with Gasteiger partial charge in [0.25, 0.3) is 0 Å². The maximum Gasteiger partial charge on any atom is 0.00488 e. The van der Waals surface area contributed by atoms with E-state index >= 15 is 0 Å². The van der Waals surface area contributed by atoms with E-state index in [0.717, 1.165) is 12.1 Å². The van der Waals surface area contributed by atoms with Gasteiger partial charge in [-0.25, -0.2) is 0 Å². The molecule has 0 aliphatic carbocycles. The fourth-order valence-corrected chi connectivity index (χ4v) is 0.392. The van der Waals surface area contributed by atoms with Gasteiger partial charge in [-0.15, -0.1) is 0 Å². The van der Waals surface area contributed by atoms with Gasteiger partial charge in [-0.2, -0.15) is 0 Å². The zero-order chi connectivity index (χ0) is 7.28. The largest absolute Gasteiger partial charge is 0.402 e. The van der Waals surface area contributed by atoms with Crippen molar-refractivity contribution >= 4 is 0 Å². The van der Waals surface area contributed by atoms with Crippen molar-refractivity contribution in [1.82, 2.24) is 0 Å². The van der Waals surface area contributed by atoms with E-state index in [1.165, 1.54) is 5.57 Å². The van der Waals surface area contributed by atoms with E-state index in [9.17, 15) is 0 Å². The van der Waals surface area contributed by atoms with Crippen LogP contribution in [0.25, 0.3) is 0 Å². The van der Waals surface area contributed by atoms with E-state index in [-0.39, 0.29) is 0 Å². The highest BCUT2D eigenvalue weighted by Gasteiger charge is 1.78. The Balaban J connectivity index is 3.83. The Morgan fingerprint density at radius 1 is 1.33 bits per heavy atom. The molecule has 0 radical (unpaired) electrons. The number of hydrogen-bond donors (Lipinski definition) is 1. The van der Waals surface area contributed by atoms with Gasteiger partial charge in [0.2, 0.25) is 0 Å². The van der Waals surface area contributed by atoms with Crippen molar-refractivity contribution in [3.8, 4) is 0 Å². The molecule has 0 rings (SSSR count). The van der Waals surface area contributed by atoms with Crippen molar-refractivity contribution in [3.63, 3.8) is 0 Å². The van der Waals surface area contributed by atoms with Gasteiger partial charge in [-0.3, -0.25) is 0 Å². The van der Waals surface area contributed by atoms with E-state index < -0.39 is 0 Å². The van der Waals surface area contributed by atoms with E-state index in [1.807, 2.05) is 13.0 Å². The van der Waals surface area contributed by atoms with Gasteiger partial charge in [-0.05, 0) is 26.3 Å². The van der Waals surface area contributed by atoms with Gasteiger partial charge < -0.3 is 5.73 Å². The molecule has 0 aromatic rings. The maximum atomic E-state index is 5.41. The third-order valence-electron chi connectivity index (χ3n) is 1.19. The molecule has 9 heavy (non-hydrogen) atoms. The number of rotatable bonds is 2. The quantitative estimate of drug-likeness (QED) is 0.562. The summed E-state index contributed by atoms with van der Waals surface area (Å²) in [5.41, 5.74) is 7.64. The summed E-state index contributed by atoms with van der Waals surface area (Å²) in [4.78, 5) is 0. The van der Waals surface area contributed by atoms with E-state index in [4.69, 9.17) is 5.73 Å². The molecule has 0 saturated heterocycles. The van der Waals surface area contributed by atoms with Crippen LogP contribution in [0.2, 0.25) is 0 Å². The Morgan fingerprint density at radius 2 is 1.89 bits per heavy atom. The minimum Gasteiger partial charge on any atom is -0.402 e. The maximum absolute atomic E-state index is 5.41. The average molecular weight is 125 g/mol. The van der Waals surface area contributed by atoms with E-state index in [0.29, 0.717) is 0 Å². The normalized spacial score (nSPS) is 14.1. The first-order valence-electron chi connectivity index (χ1n) is 3.26. The van der Waals surface area contributed by atoms with Crippen molar-refractivity contribution in [1.29, 1.82) is 0 Å². The van der Waals surface area contributed by atoms with Crippen LogP contribution in [0.1, 0.15) is 27.2 Å². The van der Waals surface area contributed by atoms with Crippen molar-refractivity contribution in [2.45, 2.75) is 27.2 Å². The summed E-state index contributed by atoms with van der Waals surface area (Å²) in [7, 11) is 0. The molecular formula is C8H15N. The van der Waals surface area contributed by atoms with Crippen LogP contribution >= 0.6 is 0 Å². The Hall–Kier alpha value is -0.720. The zero-order valence-corrected chi connectivity index (χ0v) is 6.44. The molecule has 0 saturated carbocycles. The molecule has 2 N–H and O–H groups in total. The molecule has 0 amide bonds. The lowest BCUT2D eigenvalue weighted by Crippen LogP contribution is -1.88. The summed E-state index contributed by atoms with van der Waals surface area (Å²) >= 11 is 0. The Bertz CT molecular complexity index is 128. The molecule has 1 nitrogen and oxygen atoms in total. The molecule has 52 valence electrons. The standard InChI is InChI=1S/C8H15N/c1-4-7(2)5-6-8(3)9/h5-6H,4,9H2,1-3H3/b7-5-,8-6-. The second-order valence-corrected chi connectivity index (χ2v) is 2.28. The Kier molecular flexibility index (Phi) is 3.85. The summed E-state index contributed by atoms with van der Waals surface area (Å²) in [5.74, 6) is 0. The van der Waals surface area contributed by atoms with Crippen LogP contribution in [-0.2, 0) is 0 Å². The van der Waals surface area contributed by atoms with Gasteiger partial charge >= 0.3 is 0 Å². The minimum atomic E-state index is 0.864. The van der Waals surface area contributed by atoms with Gasteiger partial charge in [0, 0.05) is 5.70 Å². The fourth-order valence-electron chi connectivity index (χ4n) is 0.392. The molecule has 0 unspecified atom stereocenters. The van der Waals surface area contributed by atoms with Crippen LogP contribution in [-0.4, -0.2) is 0 Å². The molecule has 0 bridgehead atoms. The Labute approximate surface area is 57.3 Å². The number of allylic oxidation sites excluding steroid dienone is 4. The van der Waals surface area contributed by atoms with Gasteiger partial charge in [0.05, 0.1) is 0 Å². The first-order valence-corrected chi connectivity index (χ1v) is 3.26. The molecule has 0 aliphatic rings. The second-order valence-electron chi connectivity index (χ2n) is 2.28. The first kappa shape index (κ1) is 8.28. The first-order chi connectivity index (χ1) is 4.16. The SMILES string of the molecule is CC/C(C)=C\C=C(\C)N. The van der Waals surface area contributed by atoms with Gasteiger partial charge in [0.1, 0.15) is 0 Å². The van der Waals surface area contributed by atoms with E-state index in [2.05, 4.69) is 19.9 Å². The van der Waals surface area contributed by atoms with Crippen LogP contribution in [0.3, 0.4) is 0 Å². The zero-order valence-electron chi connectivity index (χ0n) is 6.44. The molecular weight excluding hydrogens is 110 g/mol.